The lowest BCUT2D eigenvalue weighted by Gasteiger charge is -2.20. The van der Waals surface area contributed by atoms with Crippen LogP contribution in [0.15, 0.2) is 33.7 Å². The van der Waals surface area contributed by atoms with E-state index in [-0.39, 0.29) is 5.56 Å². The van der Waals surface area contributed by atoms with E-state index in [0.29, 0.717) is 22.3 Å². The largest absolute Gasteiger partial charge is 0.368 e. The normalized spacial score (nSPS) is 10.7. The third-order valence-electron chi connectivity index (χ3n) is 2.87. The lowest BCUT2D eigenvalue weighted by molar-refractivity contribution is 0.507. The molecule has 0 unspecified atom stereocenters. The minimum absolute atomic E-state index is 0.264. The summed E-state index contributed by atoms with van der Waals surface area (Å²) in [6, 6.07) is 3.71. The van der Waals surface area contributed by atoms with Gasteiger partial charge in [0, 0.05) is 20.6 Å². The van der Waals surface area contributed by atoms with Crippen LogP contribution in [0.3, 0.4) is 0 Å². The minimum Gasteiger partial charge on any atom is -0.368 e. The first kappa shape index (κ1) is 14.6. The molecule has 20 heavy (non-hydrogen) atoms. The first-order valence-corrected chi connectivity index (χ1v) is 6.56. The molecule has 0 atom stereocenters. The number of hydrogen-bond donors (Lipinski definition) is 0. The maximum absolute atomic E-state index is 13.2. The molecular formula is C13H12BrF2N3O. The highest BCUT2D eigenvalue weighted by Gasteiger charge is 2.12. The standard InChI is InChI=1S/C13H12BrF2N3O/c1-18(7-8-3-4-9(15)10(16)5-8)11-6-17-19(2)13(20)12(11)14/h3-6H,7H2,1-2H3. The molecule has 1 aromatic heterocycles. The van der Waals surface area contributed by atoms with Crippen LogP contribution in [-0.4, -0.2) is 16.8 Å². The van der Waals surface area contributed by atoms with Crippen LogP contribution in [0.2, 0.25) is 0 Å². The molecule has 7 heteroatoms. The Morgan fingerprint density at radius 3 is 2.70 bits per heavy atom. The molecule has 0 saturated carbocycles. The number of aryl methyl sites for hydroxylation is 1. The van der Waals surface area contributed by atoms with E-state index in [0.717, 1.165) is 12.1 Å². The van der Waals surface area contributed by atoms with Gasteiger partial charge in [-0.05, 0) is 33.6 Å². The number of aromatic nitrogens is 2. The molecule has 0 bridgehead atoms. The number of benzene rings is 1. The number of rotatable bonds is 3. The maximum atomic E-state index is 13.2. The summed E-state index contributed by atoms with van der Waals surface area (Å²) < 4.78 is 27.6. The first-order chi connectivity index (χ1) is 9.40. The van der Waals surface area contributed by atoms with Crippen molar-refractivity contribution >= 4 is 21.6 Å². The van der Waals surface area contributed by atoms with E-state index >= 15 is 0 Å². The van der Waals surface area contributed by atoms with Crippen LogP contribution in [0.1, 0.15) is 5.56 Å². The van der Waals surface area contributed by atoms with Crippen LogP contribution in [-0.2, 0) is 13.6 Å². The van der Waals surface area contributed by atoms with E-state index in [9.17, 15) is 13.6 Å². The van der Waals surface area contributed by atoms with Gasteiger partial charge in [-0.2, -0.15) is 5.10 Å². The van der Waals surface area contributed by atoms with Crippen LogP contribution in [0.4, 0.5) is 14.5 Å². The average Bonchev–Trinajstić information content (AvgIpc) is 2.40. The molecule has 0 aliphatic rings. The average molecular weight is 344 g/mol. The van der Waals surface area contributed by atoms with Crippen molar-refractivity contribution in [3.8, 4) is 0 Å². The Bertz CT molecular complexity index is 703. The fraction of sp³-hybridized carbons (Fsp3) is 0.231. The third kappa shape index (κ3) is 2.87. The Morgan fingerprint density at radius 1 is 1.35 bits per heavy atom. The SMILES string of the molecule is CN(Cc1ccc(F)c(F)c1)c1cnn(C)c(=O)c1Br. The highest BCUT2D eigenvalue weighted by atomic mass is 79.9. The van der Waals surface area contributed by atoms with Crippen LogP contribution >= 0.6 is 15.9 Å². The van der Waals surface area contributed by atoms with Gasteiger partial charge in [0.15, 0.2) is 11.6 Å². The summed E-state index contributed by atoms with van der Waals surface area (Å²) in [7, 11) is 3.29. The number of nitrogens with zero attached hydrogens (tertiary/aromatic N) is 3. The van der Waals surface area contributed by atoms with Gasteiger partial charge in [-0.1, -0.05) is 6.07 Å². The summed E-state index contributed by atoms with van der Waals surface area (Å²) in [4.78, 5) is 13.5. The Hall–Kier alpha value is -1.76. The third-order valence-corrected chi connectivity index (χ3v) is 3.62. The molecule has 0 radical (unpaired) electrons. The Labute approximate surface area is 122 Å². The zero-order valence-electron chi connectivity index (χ0n) is 10.9. The summed E-state index contributed by atoms with van der Waals surface area (Å²) in [6.07, 6.45) is 1.53. The fourth-order valence-corrected chi connectivity index (χ4v) is 2.43. The molecule has 2 rings (SSSR count). The predicted molar refractivity (Wildman–Crippen MR) is 75.6 cm³/mol. The monoisotopic (exact) mass is 343 g/mol. The van der Waals surface area contributed by atoms with Gasteiger partial charge < -0.3 is 4.90 Å². The van der Waals surface area contributed by atoms with E-state index < -0.39 is 11.6 Å². The summed E-state index contributed by atoms with van der Waals surface area (Å²) >= 11 is 3.22. The van der Waals surface area contributed by atoms with Gasteiger partial charge in [0.25, 0.3) is 5.56 Å². The smallest absolute Gasteiger partial charge is 0.282 e. The van der Waals surface area contributed by atoms with E-state index in [1.165, 1.54) is 16.9 Å². The van der Waals surface area contributed by atoms with Gasteiger partial charge in [0.1, 0.15) is 4.47 Å². The molecule has 0 fully saturated rings. The van der Waals surface area contributed by atoms with Gasteiger partial charge in [0.2, 0.25) is 0 Å². The van der Waals surface area contributed by atoms with E-state index in [2.05, 4.69) is 21.0 Å². The van der Waals surface area contributed by atoms with Crippen molar-refractivity contribution in [3.63, 3.8) is 0 Å². The van der Waals surface area contributed by atoms with Gasteiger partial charge in [-0.25, -0.2) is 13.5 Å². The molecule has 1 aromatic carbocycles. The lowest BCUT2D eigenvalue weighted by Crippen LogP contribution is -2.25. The topological polar surface area (TPSA) is 38.1 Å². The van der Waals surface area contributed by atoms with Crippen LogP contribution in [0.25, 0.3) is 0 Å². The van der Waals surface area contributed by atoms with Crippen molar-refractivity contribution in [2.24, 2.45) is 7.05 Å². The quantitative estimate of drug-likeness (QED) is 0.859. The molecule has 0 aliphatic carbocycles. The summed E-state index contributed by atoms with van der Waals surface area (Å²) in [5.41, 5.74) is 0.913. The highest BCUT2D eigenvalue weighted by Crippen LogP contribution is 2.22. The molecule has 0 N–H and O–H groups in total. The number of hydrogen-bond acceptors (Lipinski definition) is 3. The van der Waals surface area contributed by atoms with E-state index in [4.69, 9.17) is 0 Å². The summed E-state index contributed by atoms with van der Waals surface area (Å²) in [6.45, 7) is 0.324. The summed E-state index contributed by atoms with van der Waals surface area (Å²) in [5.74, 6) is -1.77. The molecule has 0 saturated heterocycles. The Balaban J connectivity index is 2.28. The van der Waals surface area contributed by atoms with Crippen molar-refractivity contribution in [1.82, 2.24) is 9.78 Å². The molecule has 4 nitrogen and oxygen atoms in total. The van der Waals surface area contributed by atoms with Crippen molar-refractivity contribution in [2.75, 3.05) is 11.9 Å². The Morgan fingerprint density at radius 2 is 2.05 bits per heavy atom. The van der Waals surface area contributed by atoms with Crippen molar-refractivity contribution < 1.29 is 8.78 Å². The van der Waals surface area contributed by atoms with Crippen LogP contribution in [0, 0.1) is 11.6 Å². The Kier molecular flexibility index (Phi) is 4.17. The molecule has 106 valence electrons. The van der Waals surface area contributed by atoms with Gasteiger partial charge in [0.05, 0.1) is 11.9 Å². The van der Waals surface area contributed by atoms with Gasteiger partial charge in [-0.15, -0.1) is 0 Å². The number of halogens is 3. The zero-order valence-corrected chi connectivity index (χ0v) is 12.5. The molecule has 0 aliphatic heterocycles. The molecule has 0 spiro atoms. The van der Waals surface area contributed by atoms with Crippen molar-refractivity contribution in [2.45, 2.75) is 6.54 Å². The van der Waals surface area contributed by atoms with Crippen molar-refractivity contribution in [1.29, 1.82) is 0 Å². The van der Waals surface area contributed by atoms with Gasteiger partial charge in [-0.3, -0.25) is 4.79 Å². The lowest BCUT2D eigenvalue weighted by atomic mass is 10.2. The summed E-state index contributed by atoms with van der Waals surface area (Å²) in [5, 5.41) is 3.93. The zero-order chi connectivity index (χ0) is 14.9. The van der Waals surface area contributed by atoms with Crippen molar-refractivity contribution in [3.05, 3.63) is 56.4 Å². The molecule has 1 heterocycles. The van der Waals surface area contributed by atoms with E-state index in [1.54, 1.807) is 19.0 Å². The fourth-order valence-electron chi connectivity index (χ4n) is 1.77. The molecular weight excluding hydrogens is 332 g/mol. The predicted octanol–water partition coefficient (Wildman–Crippen LogP) is 2.46. The van der Waals surface area contributed by atoms with E-state index in [1.807, 2.05) is 0 Å². The first-order valence-electron chi connectivity index (χ1n) is 5.77. The second-order valence-electron chi connectivity index (χ2n) is 4.38. The second kappa shape index (κ2) is 5.70. The molecule has 0 amide bonds. The van der Waals surface area contributed by atoms with Crippen LogP contribution in [0.5, 0.6) is 0 Å². The minimum atomic E-state index is -0.892. The highest BCUT2D eigenvalue weighted by molar-refractivity contribution is 9.10. The maximum Gasteiger partial charge on any atom is 0.282 e. The van der Waals surface area contributed by atoms with Crippen LogP contribution < -0.4 is 10.5 Å². The number of anilines is 1. The van der Waals surface area contributed by atoms with Gasteiger partial charge >= 0.3 is 0 Å². The second-order valence-corrected chi connectivity index (χ2v) is 5.17. The molecule has 2 aromatic rings.